The quantitative estimate of drug-likeness (QED) is 0.779. The molecule has 1 aliphatic rings. The normalized spacial score (nSPS) is 22.4. The fourth-order valence-corrected chi connectivity index (χ4v) is 7.90. The van der Waals surface area contributed by atoms with Gasteiger partial charge in [-0.3, -0.25) is 0 Å². The SMILES string of the molecule is Cc1cccc(CNC2CS(=O)(=O)CC2S(=O)(=O)c2ccc(F)cc2)c1. The molecule has 1 heterocycles. The second-order valence-electron chi connectivity index (χ2n) is 6.59. The van der Waals surface area contributed by atoms with Crippen LogP contribution in [-0.4, -0.2) is 39.6 Å². The second kappa shape index (κ2) is 7.09. The van der Waals surface area contributed by atoms with E-state index >= 15 is 0 Å². The number of benzene rings is 2. The third-order valence-electron chi connectivity index (χ3n) is 4.49. The molecular weight excluding hydrogens is 377 g/mol. The molecule has 3 rings (SSSR count). The third-order valence-corrected chi connectivity index (χ3v) is 8.66. The molecule has 1 saturated heterocycles. The van der Waals surface area contributed by atoms with Crippen LogP contribution in [0.5, 0.6) is 0 Å². The molecule has 2 unspecified atom stereocenters. The van der Waals surface area contributed by atoms with E-state index in [2.05, 4.69) is 5.32 Å². The fourth-order valence-electron chi connectivity index (χ4n) is 3.18. The summed E-state index contributed by atoms with van der Waals surface area (Å²) in [7, 11) is -7.37. The van der Waals surface area contributed by atoms with Crippen LogP contribution in [0.2, 0.25) is 0 Å². The van der Waals surface area contributed by atoms with Crippen molar-refractivity contribution in [3.05, 3.63) is 65.5 Å². The third kappa shape index (κ3) is 4.13. The van der Waals surface area contributed by atoms with Crippen LogP contribution in [0.4, 0.5) is 4.39 Å². The number of nitrogens with one attached hydrogen (secondary N) is 1. The van der Waals surface area contributed by atoms with Crippen LogP contribution in [0.3, 0.4) is 0 Å². The molecule has 2 aromatic carbocycles. The van der Waals surface area contributed by atoms with Gasteiger partial charge in [0.05, 0.1) is 21.7 Å². The zero-order valence-corrected chi connectivity index (χ0v) is 15.9. The van der Waals surface area contributed by atoms with Crippen LogP contribution in [0.25, 0.3) is 0 Å². The molecule has 26 heavy (non-hydrogen) atoms. The van der Waals surface area contributed by atoms with Crippen LogP contribution in [0.1, 0.15) is 11.1 Å². The van der Waals surface area contributed by atoms with Gasteiger partial charge >= 0.3 is 0 Å². The predicted molar refractivity (Wildman–Crippen MR) is 97.8 cm³/mol. The average molecular weight is 397 g/mol. The highest BCUT2D eigenvalue weighted by Crippen LogP contribution is 2.26. The smallest absolute Gasteiger partial charge is 0.183 e. The Balaban J connectivity index is 1.85. The van der Waals surface area contributed by atoms with E-state index in [-0.39, 0.29) is 10.6 Å². The lowest BCUT2D eigenvalue weighted by molar-refractivity contribution is 0.526. The van der Waals surface area contributed by atoms with Gasteiger partial charge in [0.2, 0.25) is 0 Å². The predicted octanol–water partition coefficient (Wildman–Crippen LogP) is 1.86. The Labute approximate surface area is 153 Å². The minimum absolute atomic E-state index is 0.0663. The van der Waals surface area contributed by atoms with Crippen molar-refractivity contribution in [3.8, 4) is 0 Å². The Morgan fingerprint density at radius 2 is 1.81 bits per heavy atom. The van der Waals surface area contributed by atoms with Crippen LogP contribution < -0.4 is 5.32 Å². The minimum atomic E-state index is -3.90. The van der Waals surface area contributed by atoms with Crippen LogP contribution in [-0.2, 0) is 26.2 Å². The van der Waals surface area contributed by atoms with Gasteiger partial charge in [-0.15, -0.1) is 0 Å². The van der Waals surface area contributed by atoms with E-state index in [0.717, 1.165) is 23.3 Å². The Hall–Kier alpha value is -1.77. The van der Waals surface area contributed by atoms with Gasteiger partial charge in [0.25, 0.3) is 0 Å². The van der Waals surface area contributed by atoms with Crippen molar-refractivity contribution in [2.75, 3.05) is 11.5 Å². The lowest BCUT2D eigenvalue weighted by Gasteiger charge is -2.20. The molecular formula is C18H20FNO4S2. The topological polar surface area (TPSA) is 80.3 Å². The molecule has 1 fully saturated rings. The van der Waals surface area contributed by atoms with Crippen LogP contribution in [0, 0.1) is 12.7 Å². The van der Waals surface area contributed by atoms with Gasteiger partial charge in [0, 0.05) is 12.6 Å². The Morgan fingerprint density at radius 3 is 2.46 bits per heavy atom. The second-order valence-corrected chi connectivity index (χ2v) is 10.9. The van der Waals surface area contributed by atoms with Crippen molar-refractivity contribution in [2.24, 2.45) is 0 Å². The van der Waals surface area contributed by atoms with Gasteiger partial charge < -0.3 is 5.32 Å². The number of hydrogen-bond donors (Lipinski definition) is 1. The first-order chi connectivity index (χ1) is 12.2. The summed E-state index contributed by atoms with van der Waals surface area (Å²) in [5.41, 5.74) is 2.02. The summed E-state index contributed by atoms with van der Waals surface area (Å²) in [6.07, 6.45) is 0. The summed E-state index contributed by atoms with van der Waals surface area (Å²) in [5, 5.41) is 1.99. The molecule has 1 aliphatic heterocycles. The summed E-state index contributed by atoms with van der Waals surface area (Å²) in [4.78, 5) is -0.0663. The molecule has 0 saturated carbocycles. The zero-order chi connectivity index (χ0) is 18.9. The van der Waals surface area contributed by atoms with Gasteiger partial charge in [0.1, 0.15) is 5.82 Å². The van der Waals surface area contributed by atoms with Crippen LogP contribution in [0.15, 0.2) is 53.4 Å². The molecule has 0 spiro atoms. The van der Waals surface area contributed by atoms with E-state index in [1.165, 1.54) is 12.1 Å². The van der Waals surface area contributed by atoms with Crippen molar-refractivity contribution in [1.82, 2.24) is 5.32 Å². The van der Waals surface area contributed by atoms with Crippen molar-refractivity contribution >= 4 is 19.7 Å². The first kappa shape index (κ1) is 19.0. The largest absolute Gasteiger partial charge is 0.308 e. The summed E-state index contributed by atoms with van der Waals surface area (Å²) in [5.74, 6) is -1.21. The highest BCUT2D eigenvalue weighted by atomic mass is 32.2. The lowest BCUT2D eigenvalue weighted by atomic mass is 10.1. The first-order valence-electron chi connectivity index (χ1n) is 8.16. The monoisotopic (exact) mass is 397 g/mol. The highest BCUT2D eigenvalue weighted by Gasteiger charge is 2.45. The van der Waals surface area contributed by atoms with Crippen LogP contribution >= 0.6 is 0 Å². The number of rotatable bonds is 5. The number of sulfone groups is 2. The fraction of sp³-hybridized carbons (Fsp3) is 0.333. The van der Waals surface area contributed by atoms with E-state index in [1.54, 1.807) is 0 Å². The number of halogens is 1. The molecule has 1 N–H and O–H groups in total. The zero-order valence-electron chi connectivity index (χ0n) is 14.2. The molecule has 0 amide bonds. The molecule has 2 atom stereocenters. The van der Waals surface area contributed by atoms with E-state index in [1.807, 2.05) is 31.2 Å². The summed E-state index contributed by atoms with van der Waals surface area (Å²) >= 11 is 0. The maximum absolute atomic E-state index is 13.1. The van der Waals surface area contributed by atoms with Gasteiger partial charge in [-0.1, -0.05) is 29.8 Å². The van der Waals surface area contributed by atoms with Crippen molar-refractivity contribution < 1.29 is 21.2 Å². The van der Waals surface area contributed by atoms with Gasteiger partial charge in [-0.2, -0.15) is 0 Å². The Morgan fingerprint density at radius 1 is 1.12 bits per heavy atom. The standard InChI is InChI=1S/C18H20FNO4S2/c1-13-3-2-4-14(9-13)10-20-17-11-25(21,22)12-18(17)26(23,24)16-7-5-15(19)6-8-16/h2-9,17-18,20H,10-12H2,1H3. The molecule has 5 nitrogen and oxygen atoms in total. The summed E-state index contributed by atoms with van der Waals surface area (Å²) in [6, 6.07) is 11.5. The van der Waals surface area contributed by atoms with Gasteiger partial charge in [-0.05, 0) is 36.8 Å². The molecule has 0 radical (unpaired) electrons. The Kier molecular flexibility index (Phi) is 5.18. The molecule has 0 bridgehead atoms. The van der Waals surface area contributed by atoms with E-state index < -0.39 is 42.5 Å². The molecule has 0 aliphatic carbocycles. The molecule has 140 valence electrons. The molecule has 2 aromatic rings. The number of aryl methyl sites for hydroxylation is 1. The summed E-state index contributed by atoms with van der Waals surface area (Å²) in [6.45, 7) is 2.32. The van der Waals surface area contributed by atoms with Crippen molar-refractivity contribution in [1.29, 1.82) is 0 Å². The summed E-state index contributed by atoms with van der Waals surface area (Å²) < 4.78 is 63.0. The lowest BCUT2D eigenvalue weighted by Crippen LogP contribution is -2.43. The molecule has 8 heteroatoms. The van der Waals surface area contributed by atoms with E-state index in [4.69, 9.17) is 0 Å². The maximum Gasteiger partial charge on any atom is 0.183 e. The maximum atomic E-state index is 13.1. The average Bonchev–Trinajstić information content (AvgIpc) is 2.89. The van der Waals surface area contributed by atoms with Crippen molar-refractivity contribution in [3.63, 3.8) is 0 Å². The van der Waals surface area contributed by atoms with Gasteiger partial charge in [-0.25, -0.2) is 21.2 Å². The molecule has 0 aromatic heterocycles. The van der Waals surface area contributed by atoms with E-state index in [9.17, 15) is 21.2 Å². The highest BCUT2D eigenvalue weighted by molar-refractivity contribution is 7.96. The van der Waals surface area contributed by atoms with Crippen molar-refractivity contribution in [2.45, 2.75) is 29.7 Å². The Bertz CT molecular complexity index is 1000. The minimum Gasteiger partial charge on any atom is -0.308 e. The van der Waals surface area contributed by atoms with E-state index in [0.29, 0.717) is 6.54 Å². The first-order valence-corrected chi connectivity index (χ1v) is 11.5. The van der Waals surface area contributed by atoms with Gasteiger partial charge in [0.15, 0.2) is 19.7 Å². The number of hydrogen-bond acceptors (Lipinski definition) is 5.